The van der Waals surface area contributed by atoms with Crippen LogP contribution in [-0.4, -0.2) is 24.8 Å². The highest BCUT2D eigenvalue weighted by Crippen LogP contribution is 2.22. The summed E-state index contributed by atoms with van der Waals surface area (Å²) in [6.45, 7) is 0. The predicted octanol–water partition coefficient (Wildman–Crippen LogP) is 1.28. The molecule has 0 spiro atoms. The van der Waals surface area contributed by atoms with Crippen molar-refractivity contribution in [1.82, 2.24) is 4.98 Å². The van der Waals surface area contributed by atoms with E-state index in [-0.39, 0.29) is 10.8 Å². The highest BCUT2D eigenvalue weighted by Gasteiger charge is 2.08. The van der Waals surface area contributed by atoms with Crippen molar-refractivity contribution in [2.24, 2.45) is 0 Å². The second kappa shape index (κ2) is 2.75. The summed E-state index contributed by atoms with van der Waals surface area (Å²) in [7, 11) is -3.18. The molecule has 1 aromatic carbocycles. The summed E-state index contributed by atoms with van der Waals surface area (Å²) in [5.41, 5.74) is 0.718. The van der Waals surface area contributed by atoms with Crippen LogP contribution in [0.5, 0.6) is 5.88 Å². The van der Waals surface area contributed by atoms with Crippen LogP contribution in [0, 0.1) is 0 Å². The summed E-state index contributed by atoms with van der Waals surface area (Å²) in [4.78, 5) is 2.95. The maximum absolute atomic E-state index is 11.2. The smallest absolute Gasteiger partial charge is 0.189 e. The molecule has 0 amide bonds. The van der Waals surface area contributed by atoms with Crippen LogP contribution in [0.4, 0.5) is 0 Å². The summed E-state index contributed by atoms with van der Waals surface area (Å²) in [6, 6.07) is 6.16. The van der Waals surface area contributed by atoms with Crippen LogP contribution < -0.4 is 0 Å². The predicted molar refractivity (Wildman–Crippen MR) is 53.1 cm³/mol. The fourth-order valence-corrected chi connectivity index (χ4v) is 1.98. The summed E-state index contributed by atoms with van der Waals surface area (Å²) in [6.07, 6.45) is 1.15. The zero-order valence-corrected chi connectivity index (χ0v) is 8.30. The molecule has 0 fully saturated rings. The van der Waals surface area contributed by atoms with Crippen LogP contribution in [0.25, 0.3) is 10.9 Å². The van der Waals surface area contributed by atoms with Crippen molar-refractivity contribution >= 4 is 20.7 Å². The number of aromatic amines is 1. The Balaban J connectivity index is 2.74. The van der Waals surface area contributed by atoms with E-state index in [4.69, 9.17) is 5.11 Å². The maximum atomic E-state index is 11.2. The van der Waals surface area contributed by atoms with Crippen molar-refractivity contribution in [3.05, 3.63) is 24.3 Å². The molecule has 2 rings (SSSR count). The zero-order valence-electron chi connectivity index (χ0n) is 7.48. The van der Waals surface area contributed by atoms with E-state index in [1.54, 1.807) is 6.07 Å². The Kier molecular flexibility index (Phi) is 1.78. The Morgan fingerprint density at radius 3 is 2.64 bits per heavy atom. The molecular formula is C9H9NO3S. The highest BCUT2D eigenvalue weighted by molar-refractivity contribution is 7.90. The Morgan fingerprint density at radius 1 is 1.29 bits per heavy atom. The van der Waals surface area contributed by atoms with Gasteiger partial charge in [-0.1, -0.05) is 0 Å². The Hall–Kier alpha value is -1.49. The molecule has 0 aliphatic heterocycles. The first kappa shape index (κ1) is 9.08. The van der Waals surface area contributed by atoms with E-state index in [0.29, 0.717) is 5.39 Å². The van der Waals surface area contributed by atoms with Crippen LogP contribution in [0.2, 0.25) is 0 Å². The third-order valence-electron chi connectivity index (χ3n) is 2.01. The number of rotatable bonds is 1. The molecule has 2 aromatic rings. The van der Waals surface area contributed by atoms with Crippen LogP contribution in [0.1, 0.15) is 0 Å². The summed E-state index contributed by atoms with van der Waals surface area (Å²) < 4.78 is 22.4. The molecule has 2 N–H and O–H groups in total. The quantitative estimate of drug-likeness (QED) is 0.746. The average molecular weight is 211 g/mol. The van der Waals surface area contributed by atoms with Gasteiger partial charge in [0.1, 0.15) is 0 Å². The van der Waals surface area contributed by atoms with E-state index < -0.39 is 9.84 Å². The van der Waals surface area contributed by atoms with Gasteiger partial charge in [-0.3, -0.25) is 0 Å². The summed E-state index contributed by atoms with van der Waals surface area (Å²) in [5, 5.41) is 9.83. The largest absolute Gasteiger partial charge is 0.495 e. The summed E-state index contributed by atoms with van der Waals surface area (Å²) >= 11 is 0. The number of H-pyrrole nitrogens is 1. The first-order valence-corrected chi connectivity index (χ1v) is 5.88. The molecule has 5 heteroatoms. The molecule has 0 unspecified atom stereocenters. The molecule has 14 heavy (non-hydrogen) atoms. The van der Waals surface area contributed by atoms with Crippen molar-refractivity contribution in [3.8, 4) is 5.88 Å². The van der Waals surface area contributed by atoms with E-state index >= 15 is 0 Å². The fourth-order valence-electron chi connectivity index (χ4n) is 1.33. The molecule has 0 bridgehead atoms. The van der Waals surface area contributed by atoms with Gasteiger partial charge in [0, 0.05) is 23.2 Å². The highest BCUT2D eigenvalue weighted by atomic mass is 32.2. The molecule has 4 nitrogen and oxygen atoms in total. The van der Waals surface area contributed by atoms with Crippen LogP contribution in [0.3, 0.4) is 0 Å². The van der Waals surface area contributed by atoms with Gasteiger partial charge in [0.2, 0.25) is 0 Å². The molecule has 0 saturated carbocycles. The van der Waals surface area contributed by atoms with Gasteiger partial charge in [-0.2, -0.15) is 0 Å². The lowest BCUT2D eigenvalue weighted by molar-refractivity contribution is 0.458. The van der Waals surface area contributed by atoms with Gasteiger partial charge in [0.25, 0.3) is 0 Å². The lowest BCUT2D eigenvalue weighted by Crippen LogP contribution is -1.95. The number of fused-ring (bicyclic) bond motifs is 1. The number of nitrogens with one attached hydrogen (secondary N) is 1. The van der Waals surface area contributed by atoms with Gasteiger partial charge in [-0.05, 0) is 18.2 Å². The van der Waals surface area contributed by atoms with Crippen molar-refractivity contribution in [1.29, 1.82) is 0 Å². The first-order chi connectivity index (χ1) is 6.47. The second-order valence-corrected chi connectivity index (χ2v) is 5.19. The third kappa shape index (κ3) is 1.46. The minimum atomic E-state index is -3.18. The minimum Gasteiger partial charge on any atom is -0.495 e. The first-order valence-electron chi connectivity index (χ1n) is 3.98. The molecule has 0 atom stereocenters. The lowest BCUT2D eigenvalue weighted by atomic mass is 10.2. The number of aromatic nitrogens is 1. The fraction of sp³-hybridized carbons (Fsp3) is 0.111. The molecule has 0 aliphatic carbocycles. The minimum absolute atomic E-state index is 0.0330. The van der Waals surface area contributed by atoms with Gasteiger partial charge in [-0.25, -0.2) is 8.42 Å². The van der Waals surface area contributed by atoms with Crippen LogP contribution in [-0.2, 0) is 9.84 Å². The number of hydrogen-bond acceptors (Lipinski definition) is 3. The Morgan fingerprint density at radius 2 is 2.00 bits per heavy atom. The lowest BCUT2D eigenvalue weighted by Gasteiger charge is -1.96. The van der Waals surface area contributed by atoms with Crippen molar-refractivity contribution in [2.75, 3.05) is 6.26 Å². The zero-order chi connectivity index (χ0) is 10.3. The normalized spacial score (nSPS) is 12.1. The molecule has 0 radical (unpaired) electrons. The van der Waals surface area contributed by atoms with Gasteiger partial charge in [0.05, 0.1) is 4.90 Å². The SMILES string of the molecule is CS(=O)(=O)c1ccc2[nH]c(O)cc2c1. The van der Waals surface area contributed by atoms with Crippen LogP contribution in [0.15, 0.2) is 29.2 Å². The van der Waals surface area contributed by atoms with Gasteiger partial charge >= 0.3 is 0 Å². The number of benzene rings is 1. The molecular weight excluding hydrogens is 202 g/mol. The van der Waals surface area contributed by atoms with Gasteiger partial charge < -0.3 is 10.1 Å². The standard InChI is InChI=1S/C9H9NO3S/c1-14(12,13)7-2-3-8-6(4-7)5-9(11)10-8/h2-5,10-11H,1H3. The van der Waals surface area contributed by atoms with E-state index in [1.165, 1.54) is 18.2 Å². The number of aromatic hydroxyl groups is 1. The molecule has 0 saturated heterocycles. The molecule has 74 valence electrons. The third-order valence-corrected chi connectivity index (χ3v) is 3.12. The summed E-state index contributed by atoms with van der Waals surface area (Å²) in [5.74, 6) is 0.0330. The van der Waals surface area contributed by atoms with E-state index in [0.717, 1.165) is 11.8 Å². The van der Waals surface area contributed by atoms with Gasteiger partial charge in [0.15, 0.2) is 15.7 Å². The van der Waals surface area contributed by atoms with Crippen molar-refractivity contribution < 1.29 is 13.5 Å². The van der Waals surface area contributed by atoms with Crippen LogP contribution >= 0.6 is 0 Å². The average Bonchev–Trinajstić information content (AvgIpc) is 2.41. The monoisotopic (exact) mass is 211 g/mol. The van der Waals surface area contributed by atoms with E-state index in [2.05, 4.69) is 4.98 Å². The Labute approximate surface area is 81.1 Å². The Bertz CT molecular complexity index is 583. The molecule has 1 aromatic heterocycles. The van der Waals surface area contributed by atoms with E-state index in [9.17, 15) is 8.42 Å². The second-order valence-electron chi connectivity index (χ2n) is 3.18. The van der Waals surface area contributed by atoms with Crippen molar-refractivity contribution in [3.63, 3.8) is 0 Å². The number of sulfone groups is 1. The maximum Gasteiger partial charge on any atom is 0.189 e. The van der Waals surface area contributed by atoms with E-state index in [1.807, 2.05) is 0 Å². The molecule has 0 aliphatic rings. The number of hydrogen-bond donors (Lipinski definition) is 2. The topological polar surface area (TPSA) is 70.2 Å². The van der Waals surface area contributed by atoms with Gasteiger partial charge in [-0.15, -0.1) is 0 Å². The van der Waals surface area contributed by atoms with Crippen molar-refractivity contribution in [2.45, 2.75) is 4.90 Å². The molecule has 1 heterocycles.